The van der Waals surface area contributed by atoms with E-state index < -0.39 is 6.10 Å². The molecule has 0 aliphatic heterocycles. The molecule has 14 heavy (non-hydrogen) atoms. The van der Waals surface area contributed by atoms with Gasteiger partial charge in [0, 0.05) is 0 Å². The van der Waals surface area contributed by atoms with Gasteiger partial charge in [-0.1, -0.05) is 30.3 Å². The van der Waals surface area contributed by atoms with E-state index in [1.54, 1.807) is 0 Å². The molecule has 0 radical (unpaired) electrons. The van der Waals surface area contributed by atoms with E-state index >= 15 is 0 Å². The van der Waals surface area contributed by atoms with Gasteiger partial charge in [-0.15, -0.1) is 0 Å². The van der Waals surface area contributed by atoms with E-state index in [0.717, 1.165) is 5.56 Å². The van der Waals surface area contributed by atoms with E-state index in [-0.39, 0.29) is 13.2 Å². The lowest BCUT2D eigenvalue weighted by atomic mass is 10.2. The average Bonchev–Trinajstić information content (AvgIpc) is 2.26. The molecule has 0 fully saturated rings. The summed E-state index contributed by atoms with van der Waals surface area (Å²) in [4.78, 5) is 9.59. The Morgan fingerprint density at radius 3 is 2.29 bits per heavy atom. The number of hydrogen-bond acceptors (Lipinski definition) is 4. The maximum atomic E-state index is 8.66. The predicted molar refractivity (Wildman–Crippen MR) is 50.3 cm³/mol. The quantitative estimate of drug-likeness (QED) is 0.516. The molecule has 0 spiro atoms. The van der Waals surface area contributed by atoms with E-state index in [1.807, 2.05) is 30.3 Å². The first kappa shape index (κ1) is 11.1. The second kappa shape index (κ2) is 6.50. The van der Waals surface area contributed by atoms with Crippen molar-refractivity contribution in [3.63, 3.8) is 0 Å². The van der Waals surface area contributed by atoms with Crippen LogP contribution in [0.25, 0.3) is 0 Å². The van der Waals surface area contributed by atoms with Crippen molar-refractivity contribution in [3.05, 3.63) is 35.9 Å². The summed E-state index contributed by atoms with van der Waals surface area (Å²) in [7, 11) is 0. The Bertz CT molecular complexity index is 233. The van der Waals surface area contributed by atoms with Gasteiger partial charge >= 0.3 is 0 Å². The summed E-state index contributed by atoms with van der Waals surface area (Å²) in [5.74, 6) is 0. The Morgan fingerprint density at radius 1 is 1.07 bits per heavy atom. The van der Waals surface area contributed by atoms with Crippen LogP contribution in [0.2, 0.25) is 0 Å². The van der Waals surface area contributed by atoms with Gasteiger partial charge < -0.3 is 10.2 Å². The van der Waals surface area contributed by atoms with Crippen LogP contribution in [0.15, 0.2) is 30.3 Å². The van der Waals surface area contributed by atoms with Gasteiger partial charge in [-0.3, -0.25) is 0 Å². The second-order valence-electron chi connectivity index (χ2n) is 2.83. The van der Waals surface area contributed by atoms with Crippen molar-refractivity contribution in [3.8, 4) is 0 Å². The first-order chi connectivity index (χ1) is 6.86. The minimum absolute atomic E-state index is 0.259. The fourth-order valence-corrected chi connectivity index (χ4v) is 0.891. The van der Waals surface area contributed by atoms with Gasteiger partial charge in [-0.05, 0) is 5.56 Å². The molecule has 0 aliphatic carbocycles. The number of hydrogen-bond donors (Lipinski definition) is 2. The van der Waals surface area contributed by atoms with E-state index in [1.165, 1.54) is 0 Å². The Labute approximate surface area is 82.6 Å². The molecule has 2 N–H and O–H groups in total. The average molecular weight is 198 g/mol. The summed E-state index contributed by atoms with van der Waals surface area (Å²) in [6, 6.07) is 9.50. The molecule has 1 aromatic rings. The summed E-state index contributed by atoms with van der Waals surface area (Å²) >= 11 is 0. The first-order valence-electron chi connectivity index (χ1n) is 4.40. The molecular formula is C10H14O4. The highest BCUT2D eigenvalue weighted by Crippen LogP contribution is 2.02. The molecule has 0 heterocycles. The minimum Gasteiger partial charge on any atom is -0.393 e. The topological polar surface area (TPSA) is 58.9 Å². The zero-order chi connectivity index (χ0) is 10.2. The van der Waals surface area contributed by atoms with Crippen molar-refractivity contribution in [1.82, 2.24) is 0 Å². The summed E-state index contributed by atoms with van der Waals surface area (Å²) in [6.07, 6.45) is -0.668. The van der Waals surface area contributed by atoms with Crippen LogP contribution >= 0.6 is 0 Å². The van der Waals surface area contributed by atoms with Crippen molar-refractivity contribution >= 4 is 0 Å². The monoisotopic (exact) mass is 198 g/mol. The largest absolute Gasteiger partial charge is 0.393 e. The SMILES string of the molecule is OCC(CO)OOCc1ccccc1. The molecule has 4 heteroatoms. The van der Waals surface area contributed by atoms with Gasteiger partial charge in [-0.2, -0.15) is 0 Å². The lowest BCUT2D eigenvalue weighted by Gasteiger charge is -2.10. The van der Waals surface area contributed by atoms with Crippen LogP contribution in [0, 0.1) is 0 Å². The van der Waals surface area contributed by atoms with Gasteiger partial charge in [0.05, 0.1) is 13.2 Å². The van der Waals surface area contributed by atoms with Crippen LogP contribution in [0.5, 0.6) is 0 Å². The molecule has 0 atom stereocenters. The molecule has 78 valence electrons. The van der Waals surface area contributed by atoms with Crippen molar-refractivity contribution < 1.29 is 20.0 Å². The number of benzene rings is 1. The van der Waals surface area contributed by atoms with E-state index in [4.69, 9.17) is 20.0 Å². The molecule has 0 saturated heterocycles. The van der Waals surface area contributed by atoms with Gasteiger partial charge in [0.2, 0.25) is 0 Å². The Kier molecular flexibility index (Phi) is 5.17. The smallest absolute Gasteiger partial charge is 0.139 e. The molecule has 1 aromatic carbocycles. The molecule has 1 rings (SSSR count). The van der Waals surface area contributed by atoms with Crippen LogP contribution < -0.4 is 0 Å². The molecular weight excluding hydrogens is 184 g/mol. The highest BCUT2D eigenvalue weighted by Gasteiger charge is 2.06. The van der Waals surface area contributed by atoms with Crippen LogP contribution in [0.4, 0.5) is 0 Å². The number of rotatable bonds is 6. The first-order valence-corrected chi connectivity index (χ1v) is 4.40. The molecule has 0 saturated carbocycles. The lowest BCUT2D eigenvalue weighted by Crippen LogP contribution is -2.22. The lowest BCUT2D eigenvalue weighted by molar-refractivity contribution is -0.341. The van der Waals surface area contributed by atoms with Gasteiger partial charge in [0.15, 0.2) is 0 Å². The summed E-state index contributed by atoms with van der Waals surface area (Å²) in [5.41, 5.74) is 0.974. The maximum absolute atomic E-state index is 8.66. The number of aliphatic hydroxyl groups is 2. The summed E-state index contributed by atoms with van der Waals surface area (Å²) in [6.45, 7) is -0.214. The van der Waals surface area contributed by atoms with Crippen LogP contribution in [0.3, 0.4) is 0 Å². The Morgan fingerprint density at radius 2 is 1.71 bits per heavy atom. The van der Waals surface area contributed by atoms with E-state index in [0.29, 0.717) is 6.61 Å². The Balaban J connectivity index is 2.21. The molecule has 0 unspecified atom stereocenters. The van der Waals surface area contributed by atoms with Crippen LogP contribution in [-0.4, -0.2) is 29.5 Å². The van der Waals surface area contributed by atoms with Crippen LogP contribution in [-0.2, 0) is 16.4 Å². The molecule has 0 bridgehead atoms. The second-order valence-corrected chi connectivity index (χ2v) is 2.83. The third kappa shape index (κ3) is 3.85. The van der Waals surface area contributed by atoms with E-state index in [2.05, 4.69) is 0 Å². The standard InChI is InChI=1S/C10H14O4/c11-6-10(7-12)14-13-8-9-4-2-1-3-5-9/h1-5,10-12H,6-8H2. The third-order valence-electron chi connectivity index (χ3n) is 1.68. The zero-order valence-electron chi connectivity index (χ0n) is 7.80. The summed E-state index contributed by atoms with van der Waals surface area (Å²) < 4.78 is 0. The highest BCUT2D eigenvalue weighted by atomic mass is 17.2. The van der Waals surface area contributed by atoms with Gasteiger partial charge in [0.25, 0.3) is 0 Å². The molecule has 0 aliphatic rings. The minimum atomic E-state index is -0.668. The fraction of sp³-hybridized carbons (Fsp3) is 0.400. The van der Waals surface area contributed by atoms with Crippen molar-refractivity contribution in [2.75, 3.05) is 13.2 Å². The van der Waals surface area contributed by atoms with Gasteiger partial charge in [0.1, 0.15) is 12.7 Å². The zero-order valence-corrected chi connectivity index (χ0v) is 7.80. The van der Waals surface area contributed by atoms with Crippen molar-refractivity contribution in [1.29, 1.82) is 0 Å². The fourth-order valence-electron chi connectivity index (χ4n) is 0.891. The molecule has 4 nitrogen and oxygen atoms in total. The molecule has 0 aromatic heterocycles. The molecule has 0 amide bonds. The maximum Gasteiger partial charge on any atom is 0.139 e. The third-order valence-corrected chi connectivity index (χ3v) is 1.68. The predicted octanol–water partition coefficient (Wildman–Crippen LogP) is 0.488. The van der Waals surface area contributed by atoms with Gasteiger partial charge in [-0.25, -0.2) is 9.78 Å². The summed E-state index contributed by atoms with van der Waals surface area (Å²) in [5, 5.41) is 17.3. The van der Waals surface area contributed by atoms with Crippen molar-refractivity contribution in [2.45, 2.75) is 12.7 Å². The van der Waals surface area contributed by atoms with E-state index in [9.17, 15) is 0 Å². The highest BCUT2D eigenvalue weighted by molar-refractivity contribution is 5.13. The Hall–Kier alpha value is -0.940. The van der Waals surface area contributed by atoms with Crippen molar-refractivity contribution in [2.24, 2.45) is 0 Å². The number of aliphatic hydroxyl groups excluding tert-OH is 2. The normalized spacial score (nSPS) is 10.8. The van der Waals surface area contributed by atoms with Crippen LogP contribution in [0.1, 0.15) is 5.56 Å².